The maximum absolute atomic E-state index is 12.5. The maximum Gasteiger partial charge on any atom is 0.267 e. The fourth-order valence-electron chi connectivity index (χ4n) is 2.16. The predicted octanol–water partition coefficient (Wildman–Crippen LogP) is 2.11. The Bertz CT molecular complexity index is 870. The van der Waals surface area contributed by atoms with Gasteiger partial charge >= 0.3 is 0 Å². The summed E-state index contributed by atoms with van der Waals surface area (Å²) >= 11 is 1.30. The SMILES string of the molecule is CC(C)NC(=O)c1ccc(NC(=O)c2sccc2-n2cnnn2)cc1. The van der Waals surface area contributed by atoms with E-state index in [1.54, 1.807) is 35.7 Å². The highest BCUT2D eigenvalue weighted by Gasteiger charge is 2.16. The van der Waals surface area contributed by atoms with Crippen molar-refractivity contribution in [2.75, 3.05) is 5.32 Å². The molecule has 0 unspecified atom stereocenters. The third-order valence-corrected chi connectivity index (χ3v) is 4.17. The molecule has 0 aliphatic heterocycles. The average molecular weight is 356 g/mol. The molecule has 8 nitrogen and oxygen atoms in total. The molecule has 3 rings (SSSR count). The first-order chi connectivity index (χ1) is 12.0. The number of carbonyl (C=O) groups is 2. The van der Waals surface area contributed by atoms with E-state index in [1.807, 2.05) is 13.8 Å². The van der Waals surface area contributed by atoms with Crippen molar-refractivity contribution in [2.24, 2.45) is 0 Å². The van der Waals surface area contributed by atoms with Crippen LogP contribution >= 0.6 is 11.3 Å². The van der Waals surface area contributed by atoms with Crippen molar-refractivity contribution in [2.45, 2.75) is 19.9 Å². The molecule has 2 amide bonds. The summed E-state index contributed by atoms with van der Waals surface area (Å²) in [6.07, 6.45) is 1.43. The zero-order chi connectivity index (χ0) is 17.8. The Balaban J connectivity index is 1.72. The molecule has 0 atom stereocenters. The number of rotatable bonds is 5. The smallest absolute Gasteiger partial charge is 0.267 e. The van der Waals surface area contributed by atoms with Crippen LogP contribution in [-0.2, 0) is 0 Å². The molecule has 0 aliphatic rings. The van der Waals surface area contributed by atoms with Crippen LogP contribution in [0, 0.1) is 0 Å². The normalized spacial score (nSPS) is 10.7. The Morgan fingerprint density at radius 3 is 2.52 bits per heavy atom. The largest absolute Gasteiger partial charge is 0.350 e. The van der Waals surface area contributed by atoms with Crippen LogP contribution in [0.3, 0.4) is 0 Å². The summed E-state index contributed by atoms with van der Waals surface area (Å²) in [5, 5.41) is 18.4. The summed E-state index contributed by atoms with van der Waals surface area (Å²) in [5.74, 6) is -0.410. The molecule has 0 bridgehead atoms. The van der Waals surface area contributed by atoms with Crippen molar-refractivity contribution in [3.8, 4) is 5.69 Å². The number of nitrogens with one attached hydrogen (secondary N) is 2. The number of thiophene rings is 1. The third-order valence-electron chi connectivity index (χ3n) is 3.27. The Morgan fingerprint density at radius 1 is 1.12 bits per heavy atom. The van der Waals surface area contributed by atoms with Crippen LogP contribution < -0.4 is 10.6 Å². The monoisotopic (exact) mass is 356 g/mol. The number of nitrogens with zero attached hydrogens (tertiary/aromatic N) is 4. The summed E-state index contributed by atoms with van der Waals surface area (Å²) < 4.78 is 1.44. The minimum Gasteiger partial charge on any atom is -0.350 e. The fraction of sp³-hybridized carbons (Fsp3) is 0.188. The topological polar surface area (TPSA) is 102 Å². The van der Waals surface area contributed by atoms with Crippen LogP contribution in [0.1, 0.15) is 33.9 Å². The van der Waals surface area contributed by atoms with Gasteiger partial charge in [-0.1, -0.05) is 0 Å². The molecular formula is C16H16N6O2S. The van der Waals surface area contributed by atoms with E-state index in [1.165, 1.54) is 22.3 Å². The minimum atomic E-state index is -0.264. The lowest BCUT2D eigenvalue weighted by molar-refractivity contribution is 0.0942. The number of hydrogen-bond acceptors (Lipinski definition) is 6. The molecule has 0 radical (unpaired) electrons. The van der Waals surface area contributed by atoms with E-state index in [9.17, 15) is 9.59 Å². The first-order valence-corrected chi connectivity index (χ1v) is 8.45. The van der Waals surface area contributed by atoms with Crippen molar-refractivity contribution < 1.29 is 9.59 Å². The Kier molecular flexibility index (Phi) is 4.85. The van der Waals surface area contributed by atoms with Crippen molar-refractivity contribution in [1.82, 2.24) is 25.5 Å². The summed E-state index contributed by atoms with van der Waals surface area (Å²) in [6, 6.07) is 8.56. The molecule has 128 valence electrons. The standard InChI is InChI=1S/C16H16N6O2S/c1-10(2)18-15(23)11-3-5-12(6-4-11)19-16(24)14-13(7-8-25-14)22-9-17-20-21-22/h3-10H,1-2H3,(H,18,23)(H,19,24). The number of hydrogen-bond donors (Lipinski definition) is 2. The van der Waals surface area contributed by atoms with Crippen LogP contribution in [-0.4, -0.2) is 38.1 Å². The van der Waals surface area contributed by atoms with Crippen molar-refractivity contribution >= 4 is 28.8 Å². The lowest BCUT2D eigenvalue weighted by Gasteiger charge is -2.09. The number of amides is 2. The van der Waals surface area contributed by atoms with Gasteiger partial charge in [0.2, 0.25) is 0 Å². The van der Waals surface area contributed by atoms with Crippen LogP contribution in [0.2, 0.25) is 0 Å². The van der Waals surface area contributed by atoms with Crippen molar-refractivity contribution in [3.63, 3.8) is 0 Å². The van der Waals surface area contributed by atoms with E-state index in [0.717, 1.165) is 0 Å². The second kappa shape index (κ2) is 7.22. The molecule has 2 N–H and O–H groups in total. The summed E-state index contributed by atoms with van der Waals surface area (Å²) in [4.78, 5) is 24.9. The Hall–Kier alpha value is -3.07. The van der Waals surface area contributed by atoms with Crippen LogP contribution in [0.15, 0.2) is 42.0 Å². The molecule has 0 saturated carbocycles. The second-order valence-electron chi connectivity index (χ2n) is 5.55. The zero-order valence-corrected chi connectivity index (χ0v) is 14.4. The second-order valence-corrected chi connectivity index (χ2v) is 6.47. The van der Waals surface area contributed by atoms with Crippen LogP contribution in [0.5, 0.6) is 0 Å². The van der Waals surface area contributed by atoms with Crippen LogP contribution in [0.25, 0.3) is 5.69 Å². The van der Waals surface area contributed by atoms with Crippen LogP contribution in [0.4, 0.5) is 5.69 Å². The van der Waals surface area contributed by atoms with Crippen molar-refractivity contribution in [1.29, 1.82) is 0 Å². The molecule has 1 aromatic carbocycles. The number of benzene rings is 1. The van der Waals surface area contributed by atoms with E-state index in [-0.39, 0.29) is 17.9 Å². The summed E-state index contributed by atoms with van der Waals surface area (Å²) in [6.45, 7) is 3.80. The van der Waals surface area contributed by atoms with Gasteiger partial charge in [-0.3, -0.25) is 9.59 Å². The van der Waals surface area contributed by atoms with Crippen molar-refractivity contribution in [3.05, 3.63) is 52.5 Å². The van der Waals surface area contributed by atoms with Gasteiger partial charge < -0.3 is 10.6 Å². The molecule has 2 aromatic heterocycles. The van der Waals surface area contributed by atoms with Gasteiger partial charge in [0.25, 0.3) is 11.8 Å². The third kappa shape index (κ3) is 3.89. The van der Waals surface area contributed by atoms with Gasteiger partial charge in [-0.05, 0) is 60.0 Å². The first kappa shape index (κ1) is 16.8. The number of carbonyl (C=O) groups excluding carboxylic acids is 2. The molecule has 2 heterocycles. The molecule has 3 aromatic rings. The van der Waals surface area contributed by atoms with E-state index in [2.05, 4.69) is 26.2 Å². The quantitative estimate of drug-likeness (QED) is 0.729. The molecule has 0 aliphatic carbocycles. The molecule has 9 heteroatoms. The van der Waals surface area contributed by atoms with Gasteiger partial charge in [0.1, 0.15) is 11.2 Å². The maximum atomic E-state index is 12.5. The molecular weight excluding hydrogens is 340 g/mol. The van der Waals surface area contributed by atoms with E-state index < -0.39 is 0 Å². The molecule has 0 saturated heterocycles. The zero-order valence-electron chi connectivity index (χ0n) is 13.6. The van der Waals surface area contributed by atoms with Gasteiger partial charge in [0.05, 0.1) is 5.69 Å². The van der Waals surface area contributed by atoms with E-state index in [0.29, 0.717) is 21.8 Å². The van der Waals surface area contributed by atoms with Gasteiger partial charge in [0, 0.05) is 17.3 Å². The first-order valence-electron chi connectivity index (χ1n) is 7.57. The summed E-state index contributed by atoms with van der Waals surface area (Å²) in [5.41, 5.74) is 1.75. The van der Waals surface area contributed by atoms with E-state index >= 15 is 0 Å². The highest BCUT2D eigenvalue weighted by atomic mass is 32.1. The fourth-order valence-corrected chi connectivity index (χ4v) is 2.94. The predicted molar refractivity (Wildman–Crippen MR) is 94.0 cm³/mol. The highest BCUT2D eigenvalue weighted by molar-refractivity contribution is 7.12. The lowest BCUT2D eigenvalue weighted by Crippen LogP contribution is -2.30. The van der Waals surface area contributed by atoms with E-state index in [4.69, 9.17) is 0 Å². The highest BCUT2D eigenvalue weighted by Crippen LogP contribution is 2.21. The van der Waals surface area contributed by atoms with Gasteiger partial charge in [-0.2, -0.15) is 4.68 Å². The summed E-state index contributed by atoms with van der Waals surface area (Å²) in [7, 11) is 0. The Morgan fingerprint density at radius 2 is 1.88 bits per heavy atom. The molecule has 0 spiro atoms. The van der Waals surface area contributed by atoms with Gasteiger partial charge in [0.15, 0.2) is 0 Å². The number of anilines is 1. The number of aromatic nitrogens is 4. The van der Waals surface area contributed by atoms with Gasteiger partial charge in [-0.15, -0.1) is 16.4 Å². The minimum absolute atomic E-state index is 0.0652. The average Bonchev–Trinajstić information content (AvgIpc) is 3.26. The lowest BCUT2D eigenvalue weighted by atomic mass is 10.2. The molecule has 25 heavy (non-hydrogen) atoms. The number of tetrazole rings is 1. The molecule has 0 fully saturated rings. The van der Waals surface area contributed by atoms with Gasteiger partial charge in [-0.25, -0.2) is 0 Å². The Labute approximate surface area is 147 Å².